The molecule has 0 spiro atoms. The lowest BCUT2D eigenvalue weighted by atomic mass is 10.0. The van der Waals surface area contributed by atoms with Crippen molar-refractivity contribution in [2.24, 2.45) is 0 Å². The van der Waals surface area contributed by atoms with Crippen molar-refractivity contribution in [3.63, 3.8) is 0 Å². The van der Waals surface area contributed by atoms with Crippen LogP contribution in [0.1, 0.15) is 25.3 Å². The Morgan fingerprint density at radius 1 is 1.06 bits per heavy atom. The summed E-state index contributed by atoms with van der Waals surface area (Å²) in [5.41, 5.74) is 3.16. The van der Waals surface area contributed by atoms with Crippen molar-refractivity contribution >= 4 is 11.6 Å². The van der Waals surface area contributed by atoms with Gasteiger partial charge in [0.15, 0.2) is 0 Å². The first kappa shape index (κ1) is 11.2. The van der Waals surface area contributed by atoms with Crippen LogP contribution in [0.5, 0.6) is 0 Å². The smallest absolute Gasteiger partial charge is 0.0717 e. The molecule has 1 heterocycles. The summed E-state index contributed by atoms with van der Waals surface area (Å²) in [6, 6.07) is 11.9. The number of pyridine rings is 1. The third kappa shape index (κ3) is 2.25. The Hall–Kier alpha value is -1.34. The van der Waals surface area contributed by atoms with Crippen LogP contribution in [0.2, 0.25) is 5.02 Å². The molecule has 0 aliphatic carbocycles. The molecule has 2 heteroatoms. The van der Waals surface area contributed by atoms with Crippen molar-refractivity contribution in [2.45, 2.75) is 19.8 Å². The van der Waals surface area contributed by atoms with Crippen molar-refractivity contribution in [1.82, 2.24) is 4.98 Å². The summed E-state index contributed by atoms with van der Waals surface area (Å²) in [6.45, 7) is 4.32. The lowest BCUT2D eigenvalue weighted by Crippen LogP contribution is -1.90. The van der Waals surface area contributed by atoms with Crippen LogP contribution in [-0.4, -0.2) is 4.98 Å². The Kier molecular flexibility index (Phi) is 3.25. The minimum absolute atomic E-state index is 0.507. The zero-order chi connectivity index (χ0) is 11.5. The molecule has 0 saturated heterocycles. The van der Waals surface area contributed by atoms with E-state index in [9.17, 15) is 0 Å². The van der Waals surface area contributed by atoms with Gasteiger partial charge in [0, 0.05) is 16.8 Å². The fourth-order valence-corrected chi connectivity index (χ4v) is 1.81. The molecule has 1 aromatic heterocycles. The van der Waals surface area contributed by atoms with Gasteiger partial charge in [-0.25, -0.2) is 0 Å². The van der Waals surface area contributed by atoms with E-state index in [1.165, 1.54) is 5.56 Å². The van der Waals surface area contributed by atoms with E-state index in [1.54, 1.807) is 0 Å². The summed E-state index contributed by atoms with van der Waals surface area (Å²) >= 11 is 6.12. The molecule has 0 amide bonds. The van der Waals surface area contributed by atoms with Crippen molar-refractivity contribution in [3.8, 4) is 11.3 Å². The van der Waals surface area contributed by atoms with E-state index in [0.717, 1.165) is 16.3 Å². The first-order valence-corrected chi connectivity index (χ1v) is 5.77. The lowest BCUT2D eigenvalue weighted by Gasteiger charge is -2.07. The molecule has 0 saturated carbocycles. The highest BCUT2D eigenvalue weighted by atomic mass is 35.5. The number of hydrogen-bond acceptors (Lipinski definition) is 1. The van der Waals surface area contributed by atoms with Crippen molar-refractivity contribution in [3.05, 3.63) is 53.2 Å². The zero-order valence-corrected chi connectivity index (χ0v) is 10.2. The second-order valence-electron chi connectivity index (χ2n) is 4.11. The Morgan fingerprint density at radius 3 is 2.38 bits per heavy atom. The largest absolute Gasteiger partial charge is 0.256 e. The van der Waals surface area contributed by atoms with E-state index in [0.29, 0.717) is 5.92 Å². The summed E-state index contributed by atoms with van der Waals surface area (Å²) in [5.74, 6) is 0.507. The number of hydrogen-bond donors (Lipinski definition) is 0. The highest BCUT2D eigenvalue weighted by Crippen LogP contribution is 2.26. The Morgan fingerprint density at radius 2 is 1.81 bits per heavy atom. The molecule has 0 N–H and O–H groups in total. The third-order valence-corrected chi connectivity index (χ3v) is 2.93. The standard InChI is InChI=1S/C14H14ClN/c1-10(2)11-7-8-14(16-9-11)12-5-3-4-6-13(12)15/h3-10H,1-2H3. The molecule has 0 aliphatic heterocycles. The lowest BCUT2D eigenvalue weighted by molar-refractivity contribution is 0.859. The topological polar surface area (TPSA) is 12.9 Å². The first-order chi connectivity index (χ1) is 7.68. The van der Waals surface area contributed by atoms with Crippen molar-refractivity contribution < 1.29 is 0 Å². The predicted molar refractivity (Wildman–Crippen MR) is 68.8 cm³/mol. The van der Waals surface area contributed by atoms with Crippen LogP contribution in [0.4, 0.5) is 0 Å². The Bertz CT molecular complexity index is 474. The summed E-state index contributed by atoms with van der Waals surface area (Å²) in [4.78, 5) is 4.45. The van der Waals surface area contributed by atoms with E-state index in [-0.39, 0.29) is 0 Å². The van der Waals surface area contributed by atoms with E-state index in [2.05, 4.69) is 24.9 Å². The van der Waals surface area contributed by atoms with Crippen molar-refractivity contribution in [2.75, 3.05) is 0 Å². The van der Waals surface area contributed by atoms with Gasteiger partial charge in [-0.3, -0.25) is 4.98 Å². The second-order valence-corrected chi connectivity index (χ2v) is 4.52. The maximum absolute atomic E-state index is 6.12. The van der Waals surface area contributed by atoms with Gasteiger partial charge < -0.3 is 0 Å². The van der Waals surface area contributed by atoms with Crippen LogP contribution in [-0.2, 0) is 0 Å². The normalized spacial score (nSPS) is 10.8. The highest BCUT2D eigenvalue weighted by molar-refractivity contribution is 6.33. The SMILES string of the molecule is CC(C)c1ccc(-c2ccccc2Cl)nc1. The van der Waals surface area contributed by atoms with Gasteiger partial charge in [-0.2, -0.15) is 0 Å². The second kappa shape index (κ2) is 4.67. The Labute approximate surface area is 101 Å². The molecule has 2 aromatic rings. The van der Waals surface area contributed by atoms with Gasteiger partial charge in [-0.05, 0) is 23.6 Å². The van der Waals surface area contributed by atoms with Gasteiger partial charge in [0.1, 0.15) is 0 Å². The molecule has 0 atom stereocenters. The molecule has 2 rings (SSSR count). The number of nitrogens with zero attached hydrogens (tertiary/aromatic N) is 1. The van der Waals surface area contributed by atoms with E-state index >= 15 is 0 Å². The molecular weight excluding hydrogens is 218 g/mol. The van der Waals surface area contributed by atoms with Gasteiger partial charge in [0.05, 0.1) is 5.69 Å². The maximum atomic E-state index is 6.12. The first-order valence-electron chi connectivity index (χ1n) is 5.39. The molecule has 0 bridgehead atoms. The van der Waals surface area contributed by atoms with Crippen LogP contribution in [0, 0.1) is 0 Å². The fraction of sp³-hybridized carbons (Fsp3) is 0.214. The van der Waals surface area contributed by atoms with Gasteiger partial charge in [-0.15, -0.1) is 0 Å². The molecule has 82 valence electrons. The summed E-state index contributed by atoms with van der Waals surface area (Å²) in [6.07, 6.45) is 1.92. The monoisotopic (exact) mass is 231 g/mol. The molecule has 0 unspecified atom stereocenters. The van der Waals surface area contributed by atoms with Crippen LogP contribution in [0.15, 0.2) is 42.6 Å². The van der Waals surface area contributed by atoms with Gasteiger partial charge >= 0.3 is 0 Å². The van der Waals surface area contributed by atoms with Crippen LogP contribution in [0.25, 0.3) is 11.3 Å². The number of aromatic nitrogens is 1. The van der Waals surface area contributed by atoms with Crippen LogP contribution >= 0.6 is 11.6 Å². The molecule has 16 heavy (non-hydrogen) atoms. The molecule has 0 aliphatic rings. The zero-order valence-electron chi connectivity index (χ0n) is 9.44. The van der Waals surface area contributed by atoms with E-state index in [4.69, 9.17) is 11.6 Å². The average molecular weight is 232 g/mol. The van der Waals surface area contributed by atoms with Gasteiger partial charge in [-0.1, -0.05) is 49.7 Å². The molecule has 1 nitrogen and oxygen atoms in total. The quantitative estimate of drug-likeness (QED) is 0.740. The van der Waals surface area contributed by atoms with Crippen LogP contribution < -0.4 is 0 Å². The summed E-state index contributed by atoms with van der Waals surface area (Å²) in [7, 11) is 0. The van der Waals surface area contributed by atoms with E-state index in [1.807, 2.05) is 36.5 Å². The predicted octanol–water partition coefficient (Wildman–Crippen LogP) is 4.53. The van der Waals surface area contributed by atoms with Crippen molar-refractivity contribution in [1.29, 1.82) is 0 Å². The molecule has 1 aromatic carbocycles. The minimum atomic E-state index is 0.507. The summed E-state index contributed by atoms with van der Waals surface area (Å²) < 4.78 is 0. The Balaban J connectivity index is 2.39. The molecule has 0 fully saturated rings. The highest BCUT2D eigenvalue weighted by Gasteiger charge is 2.04. The minimum Gasteiger partial charge on any atom is -0.256 e. The van der Waals surface area contributed by atoms with Crippen LogP contribution in [0.3, 0.4) is 0 Å². The average Bonchev–Trinajstić information content (AvgIpc) is 2.30. The van der Waals surface area contributed by atoms with E-state index < -0.39 is 0 Å². The number of benzene rings is 1. The van der Waals surface area contributed by atoms with Gasteiger partial charge in [0.2, 0.25) is 0 Å². The maximum Gasteiger partial charge on any atom is 0.0717 e. The fourth-order valence-electron chi connectivity index (χ4n) is 1.58. The number of rotatable bonds is 2. The molecule has 0 radical (unpaired) electrons. The third-order valence-electron chi connectivity index (χ3n) is 2.60. The van der Waals surface area contributed by atoms with Gasteiger partial charge in [0.25, 0.3) is 0 Å². The summed E-state index contributed by atoms with van der Waals surface area (Å²) in [5, 5.41) is 0.743. The molecular formula is C14H14ClN. The number of halogens is 1.